The molecule has 1 heterocycles. The first-order valence-corrected chi connectivity index (χ1v) is 6.60. The Morgan fingerprint density at radius 2 is 2.18 bits per heavy atom. The molecule has 3 rings (SSSR count). The van der Waals surface area contributed by atoms with Crippen LogP contribution < -0.4 is 5.32 Å². The van der Waals surface area contributed by atoms with Crippen LogP contribution >= 0.6 is 0 Å². The van der Waals surface area contributed by atoms with E-state index in [2.05, 4.69) is 48.1 Å². The fraction of sp³-hybridized carbons (Fsp3) is 0.467. The van der Waals surface area contributed by atoms with Crippen LogP contribution in [0, 0.1) is 6.92 Å². The predicted molar refractivity (Wildman–Crippen MR) is 72.2 cm³/mol. The number of nitrogens with zero attached hydrogens (tertiary/aromatic N) is 1. The van der Waals surface area contributed by atoms with Gasteiger partial charge in [0.2, 0.25) is 0 Å². The summed E-state index contributed by atoms with van der Waals surface area (Å²) >= 11 is 0. The minimum atomic E-state index is 0.777. The second-order valence-electron chi connectivity index (χ2n) is 5.06. The van der Waals surface area contributed by atoms with Gasteiger partial charge in [-0.15, -0.1) is 0 Å². The third-order valence-electron chi connectivity index (χ3n) is 3.69. The van der Waals surface area contributed by atoms with Gasteiger partial charge in [-0.25, -0.2) is 0 Å². The van der Waals surface area contributed by atoms with Gasteiger partial charge in [0.1, 0.15) is 0 Å². The van der Waals surface area contributed by atoms with Crippen LogP contribution in [0.25, 0.3) is 10.9 Å². The van der Waals surface area contributed by atoms with Crippen molar-refractivity contribution in [3.05, 3.63) is 35.5 Å². The monoisotopic (exact) mass is 228 g/mol. The van der Waals surface area contributed by atoms with Crippen molar-refractivity contribution < 1.29 is 0 Å². The molecule has 17 heavy (non-hydrogen) atoms. The van der Waals surface area contributed by atoms with Crippen LogP contribution in [0.3, 0.4) is 0 Å². The smallest absolute Gasteiger partial charge is 0.0486 e. The third-order valence-corrected chi connectivity index (χ3v) is 3.69. The zero-order chi connectivity index (χ0) is 11.8. The second kappa shape index (κ2) is 4.19. The number of benzene rings is 1. The summed E-state index contributed by atoms with van der Waals surface area (Å²) < 4.78 is 2.35. The molecule has 2 nitrogen and oxygen atoms in total. The van der Waals surface area contributed by atoms with Crippen molar-refractivity contribution in [2.75, 3.05) is 0 Å². The normalized spacial score (nSPS) is 15.6. The first kappa shape index (κ1) is 10.8. The molecule has 1 aromatic heterocycles. The van der Waals surface area contributed by atoms with Gasteiger partial charge in [-0.05, 0) is 43.9 Å². The summed E-state index contributed by atoms with van der Waals surface area (Å²) in [5, 5.41) is 5.06. The van der Waals surface area contributed by atoms with Crippen LogP contribution in [0.4, 0.5) is 0 Å². The molecule has 0 saturated heterocycles. The van der Waals surface area contributed by atoms with Crippen LogP contribution in [0.5, 0.6) is 0 Å². The molecular formula is C15H20N2. The number of aryl methyl sites for hydroxylation is 2. The van der Waals surface area contributed by atoms with Gasteiger partial charge in [0.05, 0.1) is 0 Å². The van der Waals surface area contributed by atoms with Crippen molar-refractivity contribution in [2.45, 2.75) is 45.8 Å². The Kier molecular flexibility index (Phi) is 2.67. The Morgan fingerprint density at radius 3 is 2.88 bits per heavy atom. The summed E-state index contributed by atoms with van der Waals surface area (Å²) in [7, 11) is 0. The SMILES string of the molecule is CCn1cc(CNC2CC2)c2c(C)cccc21. The molecule has 1 aromatic carbocycles. The van der Waals surface area contributed by atoms with E-state index in [1.165, 1.54) is 34.9 Å². The molecule has 90 valence electrons. The molecule has 0 radical (unpaired) electrons. The number of rotatable bonds is 4. The van der Waals surface area contributed by atoms with Gasteiger partial charge in [-0.2, -0.15) is 0 Å². The number of fused-ring (bicyclic) bond motifs is 1. The van der Waals surface area contributed by atoms with Crippen molar-refractivity contribution in [1.82, 2.24) is 9.88 Å². The average Bonchev–Trinajstić information content (AvgIpc) is 3.08. The maximum atomic E-state index is 3.62. The molecule has 1 aliphatic rings. The summed E-state index contributed by atoms with van der Waals surface area (Å²) in [6, 6.07) is 7.37. The van der Waals surface area contributed by atoms with E-state index in [9.17, 15) is 0 Å². The number of nitrogens with one attached hydrogen (secondary N) is 1. The van der Waals surface area contributed by atoms with Crippen molar-refractivity contribution in [3.8, 4) is 0 Å². The van der Waals surface area contributed by atoms with E-state index in [-0.39, 0.29) is 0 Å². The summed E-state index contributed by atoms with van der Waals surface area (Å²) in [6.07, 6.45) is 5.02. The minimum absolute atomic E-state index is 0.777. The molecule has 0 bridgehead atoms. The lowest BCUT2D eigenvalue weighted by Crippen LogP contribution is -2.15. The predicted octanol–water partition coefficient (Wildman–Crippen LogP) is 3.22. The fourth-order valence-electron chi connectivity index (χ4n) is 2.57. The maximum Gasteiger partial charge on any atom is 0.0486 e. The van der Waals surface area contributed by atoms with E-state index in [0.717, 1.165) is 19.1 Å². The Balaban J connectivity index is 2.02. The van der Waals surface area contributed by atoms with E-state index in [1.807, 2.05) is 0 Å². The lowest BCUT2D eigenvalue weighted by molar-refractivity contribution is 0.685. The second-order valence-corrected chi connectivity index (χ2v) is 5.06. The Hall–Kier alpha value is -1.28. The van der Waals surface area contributed by atoms with Crippen LogP contribution in [0.15, 0.2) is 24.4 Å². The number of hydrogen-bond donors (Lipinski definition) is 1. The highest BCUT2D eigenvalue weighted by molar-refractivity contribution is 5.87. The Bertz CT molecular complexity index is 535. The standard InChI is InChI=1S/C15H20N2/c1-3-17-10-12(9-16-13-7-8-13)15-11(2)5-4-6-14(15)17/h4-6,10,13,16H,3,7-9H2,1-2H3. The first-order chi connectivity index (χ1) is 8.29. The van der Waals surface area contributed by atoms with E-state index in [0.29, 0.717) is 0 Å². The highest BCUT2D eigenvalue weighted by Gasteiger charge is 2.21. The van der Waals surface area contributed by atoms with Crippen molar-refractivity contribution in [2.24, 2.45) is 0 Å². The summed E-state index contributed by atoms with van der Waals surface area (Å²) in [4.78, 5) is 0. The van der Waals surface area contributed by atoms with Gasteiger partial charge in [0, 0.05) is 36.2 Å². The van der Waals surface area contributed by atoms with Gasteiger partial charge in [0.25, 0.3) is 0 Å². The molecule has 2 heteroatoms. The number of hydrogen-bond acceptors (Lipinski definition) is 1. The molecule has 0 unspecified atom stereocenters. The number of aromatic nitrogens is 1. The topological polar surface area (TPSA) is 17.0 Å². The van der Waals surface area contributed by atoms with Crippen LogP contribution in [0.1, 0.15) is 30.9 Å². The maximum absolute atomic E-state index is 3.62. The highest BCUT2D eigenvalue weighted by Crippen LogP contribution is 2.26. The van der Waals surface area contributed by atoms with E-state index in [4.69, 9.17) is 0 Å². The summed E-state index contributed by atoms with van der Waals surface area (Å²) in [6.45, 7) is 6.48. The zero-order valence-electron chi connectivity index (χ0n) is 10.7. The molecule has 1 N–H and O–H groups in total. The van der Waals surface area contributed by atoms with Gasteiger partial charge in [0.15, 0.2) is 0 Å². The van der Waals surface area contributed by atoms with Crippen molar-refractivity contribution in [3.63, 3.8) is 0 Å². The molecule has 1 aliphatic carbocycles. The van der Waals surface area contributed by atoms with Gasteiger partial charge >= 0.3 is 0 Å². The molecule has 0 amide bonds. The highest BCUT2D eigenvalue weighted by atomic mass is 15.0. The molecule has 0 atom stereocenters. The Morgan fingerprint density at radius 1 is 1.35 bits per heavy atom. The zero-order valence-corrected chi connectivity index (χ0v) is 10.7. The van der Waals surface area contributed by atoms with Gasteiger partial charge in [-0.3, -0.25) is 0 Å². The lowest BCUT2D eigenvalue weighted by atomic mass is 10.1. The van der Waals surface area contributed by atoms with E-state index < -0.39 is 0 Å². The van der Waals surface area contributed by atoms with Crippen molar-refractivity contribution in [1.29, 1.82) is 0 Å². The third kappa shape index (κ3) is 1.98. The summed E-state index contributed by atoms with van der Waals surface area (Å²) in [5.74, 6) is 0. The Labute approximate surface area is 103 Å². The van der Waals surface area contributed by atoms with Crippen molar-refractivity contribution >= 4 is 10.9 Å². The molecule has 1 fully saturated rings. The summed E-state index contributed by atoms with van der Waals surface area (Å²) in [5.41, 5.74) is 4.22. The first-order valence-electron chi connectivity index (χ1n) is 6.60. The van der Waals surface area contributed by atoms with Crippen LogP contribution in [0.2, 0.25) is 0 Å². The van der Waals surface area contributed by atoms with Gasteiger partial charge < -0.3 is 9.88 Å². The average molecular weight is 228 g/mol. The lowest BCUT2D eigenvalue weighted by Gasteiger charge is -2.03. The van der Waals surface area contributed by atoms with Gasteiger partial charge in [-0.1, -0.05) is 12.1 Å². The minimum Gasteiger partial charge on any atom is -0.347 e. The molecule has 0 aliphatic heterocycles. The molecular weight excluding hydrogens is 208 g/mol. The van der Waals surface area contributed by atoms with Crippen LogP contribution in [-0.2, 0) is 13.1 Å². The fourth-order valence-corrected chi connectivity index (χ4v) is 2.57. The largest absolute Gasteiger partial charge is 0.347 e. The quantitative estimate of drug-likeness (QED) is 0.850. The van der Waals surface area contributed by atoms with E-state index >= 15 is 0 Å². The molecule has 0 spiro atoms. The van der Waals surface area contributed by atoms with Crippen LogP contribution in [-0.4, -0.2) is 10.6 Å². The van der Waals surface area contributed by atoms with E-state index in [1.54, 1.807) is 0 Å². The molecule has 2 aromatic rings. The molecule has 1 saturated carbocycles.